The van der Waals surface area contributed by atoms with Gasteiger partial charge in [-0.05, 0) is 80.4 Å². The third kappa shape index (κ3) is 11.2. The highest BCUT2D eigenvalue weighted by Crippen LogP contribution is 2.41. The number of piperidine rings is 1. The summed E-state index contributed by atoms with van der Waals surface area (Å²) in [6.07, 6.45) is 8.16. The number of phenols is 1. The molecule has 73 heavy (non-hydrogen) atoms. The van der Waals surface area contributed by atoms with Crippen molar-refractivity contribution in [3.05, 3.63) is 95.9 Å². The molecule has 2 bridgehead atoms. The Hall–Kier alpha value is -6.50. The lowest BCUT2D eigenvalue weighted by molar-refractivity contribution is -0.141. The van der Waals surface area contributed by atoms with Gasteiger partial charge in [-0.15, -0.1) is 10.2 Å². The zero-order chi connectivity index (χ0) is 50.8. The van der Waals surface area contributed by atoms with Crippen LogP contribution in [0.1, 0.15) is 94.6 Å². The maximum atomic E-state index is 14.3. The summed E-state index contributed by atoms with van der Waals surface area (Å²) >= 11 is 0. The predicted octanol–water partition coefficient (Wildman–Crippen LogP) is 6.68. The number of amides is 2. The van der Waals surface area contributed by atoms with E-state index in [0.717, 1.165) is 93.8 Å². The van der Waals surface area contributed by atoms with E-state index in [1.807, 2.05) is 76.4 Å². The summed E-state index contributed by atoms with van der Waals surface area (Å²) in [5.74, 6) is 0.777. The fourth-order valence-electron chi connectivity index (χ4n) is 11.4. The van der Waals surface area contributed by atoms with E-state index in [1.54, 1.807) is 30.2 Å². The van der Waals surface area contributed by atoms with Crippen LogP contribution in [0.4, 0.5) is 17.2 Å². The standard InChI is InChI=1S/C55H70N10O8/c1-33(2)52(55(68)64-32-43(69-5)27-47(64)54(67)58-35(4)36-12-10-34(3)11-13-36)49-29-51(61-73-49)70-23-22-62-20-17-40(18-21-62)71-41-25-42(26-41)72-50-24-37(16-19-57-50)65-38-14-15-39(65)31-63(30-38)46-28-45(59-60-53(46)56)44-8-6-7-9-48(44)66/h6-13,16,19,24,28-29,33,35,38-43,47,52,66H,14-15,17-18,20-23,25-27,30-32H2,1-5H3,(H2,56,60)(H,58,67)/t35-,38?,39?,41?,42?,43+,47-,52+/m0/s1. The molecule has 4 aliphatic heterocycles. The summed E-state index contributed by atoms with van der Waals surface area (Å²) in [5, 5.41) is 26.3. The van der Waals surface area contributed by atoms with E-state index in [1.165, 1.54) is 0 Å². The largest absolute Gasteiger partial charge is 0.507 e. The number of benzene rings is 2. The van der Waals surface area contributed by atoms with E-state index in [9.17, 15) is 14.7 Å². The number of phenolic OH excluding ortho intramolecular Hbond substituents is 1. The zero-order valence-electron chi connectivity index (χ0n) is 42.6. The molecule has 2 aromatic carbocycles. The van der Waals surface area contributed by atoms with Gasteiger partial charge < -0.3 is 54.3 Å². The highest BCUT2D eigenvalue weighted by molar-refractivity contribution is 5.91. The summed E-state index contributed by atoms with van der Waals surface area (Å²) in [6, 6.07) is 22.7. The van der Waals surface area contributed by atoms with Crippen molar-refractivity contribution in [2.75, 3.05) is 68.5 Å². The van der Waals surface area contributed by atoms with Gasteiger partial charge >= 0.3 is 0 Å². The molecule has 1 saturated carbocycles. The molecule has 3 aromatic heterocycles. The summed E-state index contributed by atoms with van der Waals surface area (Å²) < 4.78 is 30.5. The molecule has 4 saturated heterocycles. The third-order valence-electron chi connectivity index (χ3n) is 15.6. The molecule has 5 aliphatic rings. The van der Waals surface area contributed by atoms with Crippen molar-refractivity contribution in [1.82, 2.24) is 35.5 Å². The fraction of sp³-hybridized carbons (Fsp3) is 0.527. The Morgan fingerprint density at radius 2 is 1.62 bits per heavy atom. The number of nitrogen functional groups attached to an aromatic ring is 1. The number of piperazine rings is 1. The van der Waals surface area contributed by atoms with Crippen molar-refractivity contribution < 1.29 is 38.2 Å². The monoisotopic (exact) mass is 999 g/mol. The molecule has 18 heteroatoms. The molecule has 0 radical (unpaired) electrons. The number of aromatic hydroxyl groups is 1. The van der Waals surface area contributed by atoms with Crippen LogP contribution in [0.2, 0.25) is 0 Å². The number of nitrogens with one attached hydrogen (secondary N) is 1. The first kappa shape index (κ1) is 50.1. The molecule has 5 aromatic rings. The van der Waals surface area contributed by atoms with Gasteiger partial charge in [-0.3, -0.25) is 14.5 Å². The minimum absolute atomic E-state index is 0.0650. The van der Waals surface area contributed by atoms with E-state index in [2.05, 4.69) is 52.5 Å². The van der Waals surface area contributed by atoms with Crippen molar-refractivity contribution in [3.63, 3.8) is 0 Å². The second kappa shape index (κ2) is 21.9. The maximum absolute atomic E-state index is 14.3. The Balaban J connectivity index is 0.646. The summed E-state index contributed by atoms with van der Waals surface area (Å²) in [5.41, 5.74) is 11.7. The van der Waals surface area contributed by atoms with Crippen molar-refractivity contribution in [3.8, 4) is 28.8 Å². The average molecular weight is 999 g/mol. The van der Waals surface area contributed by atoms with Crippen molar-refractivity contribution in [2.45, 2.75) is 127 Å². The van der Waals surface area contributed by atoms with Crippen molar-refractivity contribution >= 4 is 29.0 Å². The Kier molecular flexibility index (Phi) is 15.0. The van der Waals surface area contributed by atoms with Gasteiger partial charge in [0.2, 0.25) is 17.7 Å². The zero-order valence-corrected chi connectivity index (χ0v) is 42.6. The number of anilines is 3. The Bertz CT molecular complexity index is 2680. The van der Waals surface area contributed by atoms with Crippen LogP contribution in [0.25, 0.3) is 11.3 Å². The molecule has 5 fully saturated rings. The van der Waals surface area contributed by atoms with E-state index in [0.29, 0.717) is 66.3 Å². The molecule has 6 atom stereocenters. The average Bonchev–Trinajstić information content (AvgIpc) is 4.10. The Morgan fingerprint density at radius 1 is 0.863 bits per heavy atom. The third-order valence-corrected chi connectivity index (χ3v) is 15.6. The second-order valence-corrected chi connectivity index (χ2v) is 21.0. The van der Waals surface area contributed by atoms with Gasteiger partial charge in [-0.25, -0.2) is 4.98 Å². The number of aromatic nitrogens is 4. The molecule has 1 aliphatic carbocycles. The van der Waals surface area contributed by atoms with Crippen LogP contribution in [-0.4, -0.2) is 143 Å². The predicted molar refractivity (Wildman–Crippen MR) is 275 cm³/mol. The van der Waals surface area contributed by atoms with Crippen LogP contribution in [0.3, 0.4) is 0 Å². The number of pyridine rings is 1. The number of carbonyl (C=O) groups excluding carboxylic acids is 2. The van der Waals surface area contributed by atoms with E-state index < -0.39 is 12.0 Å². The highest BCUT2D eigenvalue weighted by atomic mass is 16.5. The van der Waals surface area contributed by atoms with E-state index in [4.69, 9.17) is 29.2 Å². The van der Waals surface area contributed by atoms with Gasteiger partial charge in [0.05, 0.1) is 35.7 Å². The first-order valence-corrected chi connectivity index (χ1v) is 26.1. The minimum Gasteiger partial charge on any atom is -0.507 e. The van der Waals surface area contributed by atoms with Gasteiger partial charge in [-0.2, -0.15) is 0 Å². The molecule has 7 heterocycles. The smallest absolute Gasteiger partial charge is 0.254 e. The van der Waals surface area contributed by atoms with Crippen LogP contribution in [0.15, 0.2) is 83.5 Å². The van der Waals surface area contributed by atoms with Gasteiger partial charge in [0.25, 0.3) is 5.88 Å². The quantitative estimate of drug-likeness (QED) is 0.0837. The van der Waals surface area contributed by atoms with Crippen LogP contribution in [0.5, 0.6) is 17.5 Å². The van der Waals surface area contributed by atoms with Crippen LogP contribution >= 0.6 is 0 Å². The number of hydrogen-bond acceptors (Lipinski definition) is 16. The van der Waals surface area contributed by atoms with Crippen molar-refractivity contribution in [2.24, 2.45) is 5.92 Å². The van der Waals surface area contributed by atoms with Crippen LogP contribution < -0.4 is 30.3 Å². The topological polar surface area (TPSA) is 207 Å². The molecular weight excluding hydrogens is 929 g/mol. The van der Waals surface area contributed by atoms with Crippen LogP contribution in [0, 0.1) is 12.8 Å². The van der Waals surface area contributed by atoms with Gasteiger partial charge in [-0.1, -0.05) is 55.8 Å². The number of methoxy groups -OCH3 is 1. The fourth-order valence-corrected chi connectivity index (χ4v) is 11.4. The number of rotatable bonds is 18. The number of ether oxygens (including phenoxy) is 4. The van der Waals surface area contributed by atoms with Crippen LogP contribution in [-0.2, 0) is 19.1 Å². The first-order valence-electron chi connectivity index (χ1n) is 26.1. The number of hydrogen-bond donors (Lipinski definition) is 3. The normalized spacial score (nSPS) is 24.1. The molecule has 10 rings (SSSR count). The molecule has 2 amide bonds. The number of nitrogens with zero attached hydrogens (tertiary/aromatic N) is 8. The second-order valence-electron chi connectivity index (χ2n) is 21.0. The number of para-hydroxylation sites is 1. The first-order chi connectivity index (χ1) is 35.4. The van der Waals surface area contributed by atoms with Gasteiger partial charge in [0.1, 0.15) is 30.4 Å². The minimum atomic E-state index is -0.671. The molecule has 0 spiro atoms. The number of nitrogens with two attached hydrogens (primary N) is 1. The number of likely N-dealkylation sites (tertiary alicyclic amines) is 2. The lowest BCUT2D eigenvalue weighted by Crippen LogP contribution is -2.54. The number of carbonyl (C=O) groups is 2. The van der Waals surface area contributed by atoms with E-state index >= 15 is 0 Å². The molecule has 2 unspecified atom stereocenters. The van der Waals surface area contributed by atoms with Crippen molar-refractivity contribution in [1.29, 1.82) is 0 Å². The lowest BCUT2D eigenvalue weighted by Gasteiger charge is -2.43. The summed E-state index contributed by atoms with van der Waals surface area (Å²) in [7, 11) is 1.61. The van der Waals surface area contributed by atoms with Gasteiger partial charge in [0.15, 0.2) is 11.6 Å². The Labute approximate surface area is 427 Å². The van der Waals surface area contributed by atoms with Gasteiger partial charge in [0, 0.05) is 107 Å². The molecule has 4 N–H and O–H groups in total. The summed E-state index contributed by atoms with van der Waals surface area (Å²) in [6.45, 7) is 12.8. The Morgan fingerprint density at radius 3 is 2.34 bits per heavy atom. The lowest BCUT2D eigenvalue weighted by atomic mass is 9.91. The van der Waals surface area contributed by atoms with E-state index in [-0.39, 0.29) is 53.9 Å². The molecular formula is C55H70N10O8. The summed E-state index contributed by atoms with van der Waals surface area (Å²) in [4.78, 5) is 41.4. The molecule has 388 valence electrons. The maximum Gasteiger partial charge on any atom is 0.254 e. The highest BCUT2D eigenvalue weighted by Gasteiger charge is 2.45. The number of aryl methyl sites for hydroxylation is 1. The number of fused-ring (bicyclic) bond motifs is 2. The molecule has 18 nitrogen and oxygen atoms in total. The SMILES string of the molecule is CO[C@@H]1C[C@@H](C(=O)N[C@@H](C)c2ccc(C)cc2)N(C(=O)[C@@H](c2cc(OCCN3CCC(OC4CC(Oc5cc(N6C7CCC6CN(c6cc(-c8ccccc8O)nnc6N)C7)ccn5)C4)CC3)no2)C(C)C)C1.